The third-order valence-corrected chi connectivity index (χ3v) is 6.15. The zero-order valence-corrected chi connectivity index (χ0v) is 18.8. The molecule has 1 fully saturated rings. The first-order chi connectivity index (χ1) is 15.9. The predicted molar refractivity (Wildman–Crippen MR) is 128 cm³/mol. The molecule has 1 saturated carbocycles. The van der Waals surface area contributed by atoms with E-state index in [4.69, 9.17) is 5.73 Å². The fourth-order valence-electron chi connectivity index (χ4n) is 3.89. The van der Waals surface area contributed by atoms with E-state index in [9.17, 15) is 14.4 Å². The normalized spacial score (nSPS) is 13.4. The minimum atomic E-state index is -0.445. The number of rotatable bonds is 8. The van der Waals surface area contributed by atoms with Gasteiger partial charge in [-0.05, 0) is 55.3 Å². The first-order valence-electron chi connectivity index (χ1n) is 11.0. The summed E-state index contributed by atoms with van der Waals surface area (Å²) in [4.78, 5) is 43.2. The van der Waals surface area contributed by atoms with Crippen LogP contribution in [-0.4, -0.2) is 41.4 Å². The van der Waals surface area contributed by atoms with Gasteiger partial charge >= 0.3 is 0 Å². The maximum atomic E-state index is 12.8. The van der Waals surface area contributed by atoms with E-state index in [-0.39, 0.29) is 30.7 Å². The average molecular weight is 449 g/mol. The average Bonchev–Trinajstić information content (AvgIpc) is 3.11. The minimum absolute atomic E-state index is 0.0861. The van der Waals surface area contributed by atoms with Crippen molar-refractivity contribution in [3.63, 3.8) is 0 Å². The summed E-state index contributed by atoms with van der Waals surface area (Å²) in [5.74, 6) is -0.251. The van der Waals surface area contributed by atoms with E-state index in [2.05, 4.69) is 15.6 Å². The van der Waals surface area contributed by atoms with Crippen LogP contribution >= 0.6 is 0 Å². The van der Waals surface area contributed by atoms with E-state index in [1.54, 1.807) is 28.6 Å². The Hall–Kier alpha value is -3.88. The summed E-state index contributed by atoms with van der Waals surface area (Å²) in [6.45, 7) is 0.274. The maximum Gasteiger partial charge on any atom is 0.257 e. The lowest BCUT2D eigenvalue weighted by atomic mass is 9.84. The smallest absolute Gasteiger partial charge is 0.257 e. The van der Waals surface area contributed by atoms with Gasteiger partial charge in [0, 0.05) is 49.9 Å². The number of fused-ring (bicyclic) bond motifs is 1. The van der Waals surface area contributed by atoms with Crippen LogP contribution < -0.4 is 21.3 Å². The lowest BCUT2D eigenvalue weighted by molar-refractivity contribution is -0.124. The Morgan fingerprint density at radius 3 is 2.48 bits per heavy atom. The number of imidazole rings is 1. The number of nitrogens with zero attached hydrogens (tertiary/aromatic N) is 3. The molecule has 1 heterocycles. The van der Waals surface area contributed by atoms with Gasteiger partial charge in [-0.25, -0.2) is 4.98 Å². The molecule has 4 rings (SSSR count). The van der Waals surface area contributed by atoms with Gasteiger partial charge in [0.05, 0.1) is 11.0 Å². The maximum absolute atomic E-state index is 12.8. The van der Waals surface area contributed by atoms with Gasteiger partial charge in [-0.1, -0.05) is 6.42 Å². The van der Waals surface area contributed by atoms with E-state index in [0.717, 1.165) is 36.2 Å². The highest BCUT2D eigenvalue weighted by Crippen LogP contribution is 2.31. The number of carbonyl (C=O) groups is 3. The van der Waals surface area contributed by atoms with Gasteiger partial charge in [0.2, 0.25) is 17.8 Å². The van der Waals surface area contributed by atoms with Crippen LogP contribution in [0.25, 0.3) is 11.0 Å². The molecular weight excluding hydrogens is 420 g/mol. The van der Waals surface area contributed by atoms with Crippen molar-refractivity contribution in [3.05, 3.63) is 48.0 Å². The Bertz CT molecular complexity index is 1200. The van der Waals surface area contributed by atoms with Crippen molar-refractivity contribution >= 4 is 46.1 Å². The molecule has 0 unspecified atom stereocenters. The number of nitrogens with two attached hydrogens (primary N) is 1. The number of carbonyl (C=O) groups excluding carboxylic acids is 3. The van der Waals surface area contributed by atoms with Gasteiger partial charge in [0.25, 0.3) is 5.91 Å². The summed E-state index contributed by atoms with van der Waals surface area (Å²) in [6, 6.07) is 12.6. The molecule has 1 aliphatic carbocycles. The topological polar surface area (TPSA) is 122 Å². The van der Waals surface area contributed by atoms with Crippen LogP contribution in [0, 0.1) is 5.92 Å². The summed E-state index contributed by atoms with van der Waals surface area (Å²) < 4.78 is 1.76. The molecule has 172 valence electrons. The number of primary amides is 1. The van der Waals surface area contributed by atoms with E-state index < -0.39 is 5.91 Å². The number of amides is 3. The number of aryl methyl sites for hydroxylation is 1. The monoisotopic (exact) mass is 448 g/mol. The quantitative estimate of drug-likeness (QED) is 0.489. The van der Waals surface area contributed by atoms with Crippen molar-refractivity contribution in [1.29, 1.82) is 0 Å². The largest absolute Gasteiger partial charge is 0.388 e. The molecule has 4 N–H and O–H groups in total. The Morgan fingerprint density at radius 2 is 1.88 bits per heavy atom. The SMILES string of the molecule is CNc1ccc(C(=O)Nc2nc3cc(N(C)C(=O)C4CCC4)ccc3n2CCC(N)=O)cc1. The summed E-state index contributed by atoms with van der Waals surface area (Å²) in [5.41, 5.74) is 8.83. The third-order valence-electron chi connectivity index (χ3n) is 6.15. The van der Waals surface area contributed by atoms with Gasteiger partial charge in [-0.15, -0.1) is 0 Å². The Labute approximate surface area is 192 Å². The number of anilines is 3. The molecule has 2 aromatic carbocycles. The molecule has 0 atom stereocenters. The van der Waals surface area contributed by atoms with Crippen LogP contribution in [0.4, 0.5) is 17.3 Å². The molecule has 0 aliphatic heterocycles. The zero-order chi connectivity index (χ0) is 23.5. The van der Waals surface area contributed by atoms with Crippen molar-refractivity contribution in [3.8, 4) is 0 Å². The fourth-order valence-corrected chi connectivity index (χ4v) is 3.89. The molecule has 0 bridgehead atoms. The van der Waals surface area contributed by atoms with Gasteiger partial charge < -0.3 is 20.5 Å². The molecular formula is C24H28N6O3. The Morgan fingerprint density at radius 1 is 1.15 bits per heavy atom. The molecule has 9 heteroatoms. The second kappa shape index (κ2) is 9.32. The molecule has 9 nitrogen and oxygen atoms in total. The molecule has 3 amide bonds. The number of nitrogens with one attached hydrogen (secondary N) is 2. The number of hydrogen-bond acceptors (Lipinski definition) is 5. The standard InChI is InChI=1S/C24H28N6O3/c1-26-17-8-6-15(7-9-17)22(32)28-24-27-19-14-18(29(2)23(33)16-4-3-5-16)10-11-20(19)30(24)13-12-21(25)31/h6-11,14,16,26H,3-5,12-13H2,1-2H3,(H2,25,31)(H,27,28,32). The molecule has 1 aromatic heterocycles. The van der Waals surface area contributed by atoms with Crippen LogP contribution in [0.1, 0.15) is 36.0 Å². The second-order valence-electron chi connectivity index (χ2n) is 8.28. The molecule has 1 aliphatic rings. The first kappa shape index (κ1) is 22.3. The highest BCUT2D eigenvalue weighted by Gasteiger charge is 2.28. The Kier molecular flexibility index (Phi) is 6.30. The lowest BCUT2D eigenvalue weighted by Gasteiger charge is -2.29. The lowest BCUT2D eigenvalue weighted by Crippen LogP contribution is -2.36. The predicted octanol–water partition coefficient (Wildman–Crippen LogP) is 2.97. The molecule has 33 heavy (non-hydrogen) atoms. The number of benzene rings is 2. The third kappa shape index (κ3) is 4.67. The highest BCUT2D eigenvalue weighted by atomic mass is 16.2. The van der Waals surface area contributed by atoms with Crippen LogP contribution in [0.5, 0.6) is 0 Å². The summed E-state index contributed by atoms with van der Waals surface area (Å²) >= 11 is 0. The molecule has 0 saturated heterocycles. The Balaban J connectivity index is 1.64. The van der Waals surface area contributed by atoms with E-state index in [1.165, 1.54) is 0 Å². The van der Waals surface area contributed by atoms with Crippen LogP contribution in [0.3, 0.4) is 0 Å². The van der Waals surface area contributed by atoms with Crippen molar-refractivity contribution in [1.82, 2.24) is 9.55 Å². The van der Waals surface area contributed by atoms with Crippen LogP contribution in [0.15, 0.2) is 42.5 Å². The van der Waals surface area contributed by atoms with Gasteiger partial charge in [-0.3, -0.25) is 19.7 Å². The van der Waals surface area contributed by atoms with Gasteiger partial charge in [0.1, 0.15) is 0 Å². The number of hydrogen-bond donors (Lipinski definition) is 3. The molecule has 3 aromatic rings. The van der Waals surface area contributed by atoms with Gasteiger partial charge in [-0.2, -0.15) is 0 Å². The van der Waals surface area contributed by atoms with Crippen LogP contribution in [0.2, 0.25) is 0 Å². The summed E-state index contributed by atoms with van der Waals surface area (Å²) in [5, 5.41) is 5.86. The van der Waals surface area contributed by atoms with Crippen molar-refractivity contribution < 1.29 is 14.4 Å². The van der Waals surface area contributed by atoms with Crippen molar-refractivity contribution in [2.24, 2.45) is 11.7 Å². The molecule has 0 spiro atoms. The van der Waals surface area contributed by atoms with E-state index in [0.29, 0.717) is 17.0 Å². The zero-order valence-electron chi connectivity index (χ0n) is 18.8. The van der Waals surface area contributed by atoms with Crippen molar-refractivity contribution in [2.45, 2.75) is 32.2 Å². The highest BCUT2D eigenvalue weighted by molar-refractivity contribution is 6.04. The molecule has 0 radical (unpaired) electrons. The summed E-state index contributed by atoms with van der Waals surface area (Å²) in [6.07, 6.45) is 3.05. The second-order valence-corrected chi connectivity index (χ2v) is 8.28. The van der Waals surface area contributed by atoms with Gasteiger partial charge in [0.15, 0.2) is 0 Å². The first-order valence-corrected chi connectivity index (χ1v) is 11.0. The fraction of sp³-hybridized carbons (Fsp3) is 0.333. The number of aromatic nitrogens is 2. The van der Waals surface area contributed by atoms with Crippen molar-refractivity contribution in [2.75, 3.05) is 29.6 Å². The van der Waals surface area contributed by atoms with Crippen LogP contribution in [-0.2, 0) is 16.1 Å². The van der Waals surface area contributed by atoms with E-state index >= 15 is 0 Å². The van der Waals surface area contributed by atoms with E-state index in [1.807, 2.05) is 37.4 Å². The summed E-state index contributed by atoms with van der Waals surface area (Å²) in [7, 11) is 3.57. The minimum Gasteiger partial charge on any atom is -0.388 e.